The van der Waals surface area contributed by atoms with E-state index >= 15 is 0 Å². The Morgan fingerprint density at radius 2 is 2.08 bits per heavy atom. The van der Waals surface area contributed by atoms with Crippen LogP contribution >= 0.6 is 0 Å². The zero-order chi connectivity index (χ0) is 17.3. The summed E-state index contributed by atoms with van der Waals surface area (Å²) in [6.45, 7) is -0.234. The highest BCUT2D eigenvalue weighted by Gasteiger charge is 2.41. The Bertz CT molecular complexity index is 719. The normalized spacial score (nSPS) is 21.2. The monoisotopic (exact) mass is 341 g/mol. The molecule has 1 N–H and O–H groups in total. The Balaban J connectivity index is 1.90. The summed E-state index contributed by atoms with van der Waals surface area (Å²) in [7, 11) is 0. The molecule has 2 heterocycles. The highest BCUT2D eigenvalue weighted by atomic mass is 19.4. The molecule has 1 aliphatic heterocycles. The van der Waals surface area contributed by atoms with Crippen molar-refractivity contribution in [3.05, 3.63) is 41.7 Å². The van der Waals surface area contributed by atoms with E-state index in [1.807, 2.05) is 0 Å². The molecule has 1 saturated heterocycles. The molecule has 1 aliphatic rings. The van der Waals surface area contributed by atoms with Crippen molar-refractivity contribution in [3.63, 3.8) is 0 Å². The van der Waals surface area contributed by atoms with Crippen molar-refractivity contribution in [2.45, 2.75) is 31.3 Å². The fourth-order valence-electron chi connectivity index (χ4n) is 2.91. The van der Waals surface area contributed by atoms with Gasteiger partial charge in [0.2, 0.25) is 5.91 Å². The van der Waals surface area contributed by atoms with Crippen molar-refractivity contribution >= 4 is 5.91 Å². The number of aliphatic hydroxyl groups excluding tert-OH is 1. The fraction of sp³-hybridized carbons (Fsp3) is 0.429. The quantitative estimate of drug-likeness (QED) is 0.901. The van der Waals surface area contributed by atoms with Crippen molar-refractivity contribution in [2.24, 2.45) is 0 Å². The molecular weight excluding hydrogens is 327 g/mol. The van der Waals surface area contributed by atoms with Gasteiger partial charge < -0.3 is 10.0 Å². The number of likely N-dealkylation sites (tertiary alicyclic amines) is 1. The van der Waals surface area contributed by atoms with Gasteiger partial charge in [0.25, 0.3) is 0 Å². The first-order valence-electron chi connectivity index (χ1n) is 7.20. The van der Waals surface area contributed by atoms with Crippen LogP contribution < -0.4 is 0 Å². The summed E-state index contributed by atoms with van der Waals surface area (Å²) >= 11 is 0. The lowest BCUT2D eigenvalue weighted by molar-refractivity contribution is -0.140. The Morgan fingerprint density at radius 3 is 2.75 bits per heavy atom. The Labute approximate surface area is 134 Å². The van der Waals surface area contributed by atoms with E-state index in [1.54, 1.807) is 0 Å². The summed E-state index contributed by atoms with van der Waals surface area (Å²) in [5.41, 5.74) is -0.823. The third kappa shape index (κ3) is 3.23. The number of hydrogen-bond donors (Lipinski definition) is 1. The van der Waals surface area contributed by atoms with Gasteiger partial charge in [-0.1, -0.05) is 18.2 Å². The van der Waals surface area contributed by atoms with E-state index in [1.165, 1.54) is 34.1 Å². The van der Waals surface area contributed by atoms with Gasteiger partial charge in [-0.2, -0.15) is 13.2 Å². The fourth-order valence-corrected chi connectivity index (χ4v) is 2.91. The van der Waals surface area contributed by atoms with Gasteiger partial charge in [-0.15, -0.1) is 5.10 Å². The van der Waals surface area contributed by atoms with Crippen LogP contribution in [-0.2, 0) is 17.5 Å². The van der Waals surface area contributed by atoms with E-state index in [0.717, 1.165) is 6.07 Å². The molecule has 1 amide bonds. The molecule has 0 spiro atoms. The van der Waals surface area contributed by atoms with Crippen LogP contribution in [0.2, 0.25) is 0 Å². The SMILES string of the molecule is O=C(Cn1cnnn1)N1C[C@H](O)C[C@H]1c1ccccc1C(F)(F)F. The first-order chi connectivity index (χ1) is 11.4. The van der Waals surface area contributed by atoms with Gasteiger partial charge in [0.1, 0.15) is 12.9 Å². The number of alkyl halides is 3. The Kier molecular flexibility index (Phi) is 4.22. The van der Waals surface area contributed by atoms with Crippen LogP contribution in [0.1, 0.15) is 23.6 Å². The molecule has 2 atom stereocenters. The zero-order valence-electron chi connectivity index (χ0n) is 12.4. The standard InChI is InChI=1S/C14H14F3N5O2/c15-14(16,17)11-4-2-1-3-10(11)12-5-9(23)6-22(12)13(24)7-21-8-18-19-20-21/h1-4,8-9,12,23H,5-7H2/t9-,12+/m1/s1. The second-order valence-corrected chi connectivity index (χ2v) is 5.54. The number of amides is 1. The number of aliphatic hydroxyl groups is 1. The van der Waals surface area contributed by atoms with Crippen molar-refractivity contribution in [1.29, 1.82) is 0 Å². The van der Waals surface area contributed by atoms with E-state index in [9.17, 15) is 23.1 Å². The van der Waals surface area contributed by atoms with Crippen LogP contribution in [0.25, 0.3) is 0 Å². The molecule has 10 heteroatoms. The van der Waals surface area contributed by atoms with Crippen LogP contribution in [0, 0.1) is 0 Å². The number of β-amino-alcohol motifs (C(OH)–C–C–N with tert-alkyl or cyclic N) is 1. The lowest BCUT2D eigenvalue weighted by Gasteiger charge is -2.27. The summed E-state index contributed by atoms with van der Waals surface area (Å²) in [5, 5.41) is 20.3. The molecule has 24 heavy (non-hydrogen) atoms. The average Bonchev–Trinajstić information content (AvgIpc) is 3.15. The number of halogens is 3. The predicted octanol–water partition coefficient (Wildman–Crippen LogP) is 1.03. The predicted molar refractivity (Wildman–Crippen MR) is 74.3 cm³/mol. The van der Waals surface area contributed by atoms with Crippen LogP contribution in [0.4, 0.5) is 13.2 Å². The van der Waals surface area contributed by atoms with Gasteiger partial charge in [0.05, 0.1) is 17.7 Å². The summed E-state index contributed by atoms with van der Waals surface area (Å²) in [6, 6.07) is 4.25. The van der Waals surface area contributed by atoms with E-state index in [4.69, 9.17) is 0 Å². The lowest BCUT2D eigenvalue weighted by Crippen LogP contribution is -2.35. The third-order valence-electron chi connectivity index (χ3n) is 3.91. The smallest absolute Gasteiger partial charge is 0.391 e. The van der Waals surface area contributed by atoms with Gasteiger partial charge >= 0.3 is 6.18 Å². The third-order valence-corrected chi connectivity index (χ3v) is 3.91. The minimum absolute atomic E-state index is 0.0217. The number of rotatable bonds is 3. The molecule has 128 valence electrons. The highest BCUT2D eigenvalue weighted by molar-refractivity contribution is 5.77. The second kappa shape index (κ2) is 6.19. The van der Waals surface area contributed by atoms with E-state index in [-0.39, 0.29) is 25.1 Å². The summed E-state index contributed by atoms with van der Waals surface area (Å²) in [6.07, 6.45) is -4.12. The van der Waals surface area contributed by atoms with Gasteiger partial charge in [-0.25, -0.2) is 4.68 Å². The van der Waals surface area contributed by atoms with Gasteiger partial charge in [0, 0.05) is 6.54 Å². The molecule has 3 rings (SSSR count). The second-order valence-electron chi connectivity index (χ2n) is 5.54. The molecule has 1 aromatic carbocycles. The van der Waals surface area contributed by atoms with Crippen LogP contribution in [0.5, 0.6) is 0 Å². The molecule has 0 bridgehead atoms. The molecule has 0 unspecified atom stereocenters. The molecular formula is C14H14F3N5O2. The molecule has 0 saturated carbocycles. The summed E-state index contributed by atoms with van der Waals surface area (Å²) in [5.74, 6) is -0.458. The maximum absolute atomic E-state index is 13.2. The van der Waals surface area contributed by atoms with E-state index < -0.39 is 29.8 Å². The molecule has 0 radical (unpaired) electrons. The van der Waals surface area contributed by atoms with Crippen molar-refractivity contribution in [2.75, 3.05) is 6.54 Å². The minimum atomic E-state index is -4.53. The summed E-state index contributed by atoms with van der Waals surface area (Å²) in [4.78, 5) is 13.7. The number of hydrogen-bond acceptors (Lipinski definition) is 5. The first-order valence-corrected chi connectivity index (χ1v) is 7.20. The maximum Gasteiger partial charge on any atom is 0.416 e. The van der Waals surface area contributed by atoms with Crippen LogP contribution in [-0.4, -0.2) is 48.8 Å². The molecule has 1 fully saturated rings. The van der Waals surface area contributed by atoms with Crippen molar-refractivity contribution in [1.82, 2.24) is 25.1 Å². The van der Waals surface area contributed by atoms with Gasteiger partial charge in [0.15, 0.2) is 0 Å². The highest BCUT2D eigenvalue weighted by Crippen LogP contribution is 2.40. The van der Waals surface area contributed by atoms with Gasteiger partial charge in [-0.3, -0.25) is 4.79 Å². The molecule has 1 aromatic heterocycles. The Morgan fingerprint density at radius 1 is 1.33 bits per heavy atom. The number of nitrogens with zero attached hydrogens (tertiary/aromatic N) is 5. The van der Waals surface area contributed by atoms with Crippen molar-refractivity contribution in [3.8, 4) is 0 Å². The lowest BCUT2D eigenvalue weighted by atomic mass is 9.97. The number of aromatic nitrogens is 4. The summed E-state index contributed by atoms with van der Waals surface area (Å²) < 4.78 is 40.9. The number of carbonyl (C=O) groups is 1. The zero-order valence-corrected chi connectivity index (χ0v) is 12.4. The largest absolute Gasteiger partial charge is 0.416 e. The number of benzene rings is 1. The first kappa shape index (κ1) is 16.4. The van der Waals surface area contributed by atoms with Gasteiger partial charge in [-0.05, 0) is 28.5 Å². The molecule has 0 aliphatic carbocycles. The minimum Gasteiger partial charge on any atom is -0.391 e. The van der Waals surface area contributed by atoms with E-state index in [2.05, 4.69) is 15.5 Å². The van der Waals surface area contributed by atoms with E-state index in [0.29, 0.717) is 0 Å². The number of carbonyl (C=O) groups excluding carboxylic acids is 1. The van der Waals surface area contributed by atoms with Crippen LogP contribution in [0.3, 0.4) is 0 Å². The number of tetrazole rings is 1. The maximum atomic E-state index is 13.2. The molecule has 2 aromatic rings. The molecule has 7 nitrogen and oxygen atoms in total. The average molecular weight is 341 g/mol. The topological polar surface area (TPSA) is 84.1 Å². The van der Waals surface area contributed by atoms with Crippen LogP contribution in [0.15, 0.2) is 30.6 Å². The Hall–Kier alpha value is -2.49. The van der Waals surface area contributed by atoms with Crippen molar-refractivity contribution < 1.29 is 23.1 Å².